The molecule has 0 heterocycles. The molecule has 1 amide bonds. The van der Waals surface area contributed by atoms with Crippen molar-refractivity contribution in [2.24, 2.45) is 5.73 Å². The highest BCUT2D eigenvalue weighted by Crippen LogP contribution is 2.13. The normalized spacial score (nSPS) is 11.3. The number of hydrogen-bond donors (Lipinski definition) is 2. The van der Waals surface area contributed by atoms with E-state index in [4.69, 9.17) is 5.73 Å². The summed E-state index contributed by atoms with van der Waals surface area (Å²) in [5, 5.41) is 3.00. The molecule has 3 nitrogen and oxygen atoms in total. The van der Waals surface area contributed by atoms with E-state index in [0.717, 1.165) is 24.0 Å². The quantitative estimate of drug-likeness (QED) is 0.797. The van der Waals surface area contributed by atoms with Gasteiger partial charge in [-0.05, 0) is 31.0 Å². The van der Waals surface area contributed by atoms with E-state index in [2.05, 4.69) is 24.1 Å². The van der Waals surface area contributed by atoms with E-state index in [9.17, 15) is 4.79 Å². The van der Waals surface area contributed by atoms with Crippen LogP contribution in [-0.2, 0) is 4.79 Å². The lowest BCUT2D eigenvalue weighted by atomic mass is 10.1. The number of rotatable bonds is 5. The second kappa shape index (κ2) is 8.34. The van der Waals surface area contributed by atoms with Crippen molar-refractivity contribution < 1.29 is 4.79 Å². The molecular formula is C16H22N2O. The van der Waals surface area contributed by atoms with Gasteiger partial charge in [0.15, 0.2) is 0 Å². The number of nitrogens with one attached hydrogen (secondary N) is 1. The Balaban J connectivity index is 2.57. The van der Waals surface area contributed by atoms with E-state index >= 15 is 0 Å². The summed E-state index contributed by atoms with van der Waals surface area (Å²) in [7, 11) is 0. The number of benzene rings is 1. The van der Waals surface area contributed by atoms with Crippen LogP contribution in [0.5, 0.6) is 0 Å². The number of carbonyl (C=O) groups is 1. The van der Waals surface area contributed by atoms with Crippen LogP contribution in [0.25, 0.3) is 0 Å². The van der Waals surface area contributed by atoms with Crippen LogP contribution in [0.1, 0.15) is 50.3 Å². The van der Waals surface area contributed by atoms with E-state index in [1.807, 2.05) is 31.2 Å². The van der Waals surface area contributed by atoms with Crippen LogP contribution in [-0.4, -0.2) is 12.5 Å². The van der Waals surface area contributed by atoms with Gasteiger partial charge in [0.2, 0.25) is 5.91 Å². The largest absolute Gasteiger partial charge is 0.350 e. The first-order valence-corrected chi connectivity index (χ1v) is 6.75. The lowest BCUT2D eigenvalue weighted by Crippen LogP contribution is -2.26. The van der Waals surface area contributed by atoms with Gasteiger partial charge in [-0.25, -0.2) is 0 Å². The van der Waals surface area contributed by atoms with Crippen molar-refractivity contribution in [2.45, 2.75) is 39.2 Å². The third-order valence-corrected chi connectivity index (χ3v) is 2.88. The molecule has 19 heavy (non-hydrogen) atoms. The highest BCUT2D eigenvalue weighted by Gasteiger charge is 2.08. The average Bonchev–Trinajstić information content (AvgIpc) is 2.43. The third-order valence-electron chi connectivity index (χ3n) is 2.88. The minimum absolute atomic E-state index is 0.0286. The predicted octanol–water partition coefficient (Wildman–Crippen LogP) is 2.36. The molecule has 1 aromatic carbocycles. The van der Waals surface area contributed by atoms with Gasteiger partial charge in [0.25, 0.3) is 0 Å². The summed E-state index contributed by atoms with van der Waals surface area (Å²) in [5.41, 5.74) is 7.36. The molecule has 0 aliphatic heterocycles. The highest BCUT2D eigenvalue weighted by atomic mass is 16.1. The predicted molar refractivity (Wildman–Crippen MR) is 78.5 cm³/mol. The molecule has 0 spiro atoms. The number of unbranched alkanes of at least 4 members (excludes halogenated alkanes) is 1. The van der Waals surface area contributed by atoms with Crippen LogP contribution in [0.3, 0.4) is 0 Å². The molecule has 0 saturated carbocycles. The maximum atomic E-state index is 11.6. The summed E-state index contributed by atoms with van der Waals surface area (Å²) < 4.78 is 0. The van der Waals surface area contributed by atoms with Gasteiger partial charge in [-0.1, -0.05) is 37.3 Å². The second-order valence-electron chi connectivity index (χ2n) is 4.52. The first kappa shape index (κ1) is 15.3. The SMILES string of the molecule is CCCCC(=O)NC(C)c1ccc(C#CCN)cc1. The van der Waals surface area contributed by atoms with E-state index in [-0.39, 0.29) is 11.9 Å². The van der Waals surface area contributed by atoms with Crippen LogP contribution in [0, 0.1) is 11.8 Å². The topological polar surface area (TPSA) is 55.1 Å². The smallest absolute Gasteiger partial charge is 0.220 e. The average molecular weight is 258 g/mol. The Labute approximate surface area is 115 Å². The zero-order valence-corrected chi connectivity index (χ0v) is 11.7. The number of nitrogens with two attached hydrogens (primary N) is 1. The van der Waals surface area contributed by atoms with E-state index < -0.39 is 0 Å². The van der Waals surface area contributed by atoms with Crippen molar-refractivity contribution in [1.82, 2.24) is 5.32 Å². The Bertz CT molecular complexity index is 454. The molecule has 3 heteroatoms. The van der Waals surface area contributed by atoms with Crippen molar-refractivity contribution in [3.63, 3.8) is 0 Å². The highest BCUT2D eigenvalue weighted by molar-refractivity contribution is 5.76. The molecule has 1 rings (SSSR count). The minimum Gasteiger partial charge on any atom is -0.350 e. The number of amides is 1. The molecule has 1 unspecified atom stereocenters. The Morgan fingerprint density at radius 3 is 2.63 bits per heavy atom. The Hall–Kier alpha value is -1.79. The van der Waals surface area contributed by atoms with Crippen molar-refractivity contribution >= 4 is 5.91 Å². The standard InChI is InChI=1S/C16H22N2O/c1-3-4-7-16(19)18-13(2)15-10-8-14(9-11-15)6-5-12-17/h8-11,13H,3-4,7,12,17H2,1-2H3,(H,18,19). The molecule has 1 aromatic rings. The van der Waals surface area contributed by atoms with Gasteiger partial charge in [-0.3, -0.25) is 4.79 Å². The fourth-order valence-corrected chi connectivity index (χ4v) is 1.74. The lowest BCUT2D eigenvalue weighted by Gasteiger charge is -2.14. The van der Waals surface area contributed by atoms with Crippen LogP contribution < -0.4 is 11.1 Å². The molecule has 0 radical (unpaired) electrons. The van der Waals surface area contributed by atoms with Crippen molar-refractivity contribution in [3.05, 3.63) is 35.4 Å². The van der Waals surface area contributed by atoms with Gasteiger partial charge in [0, 0.05) is 12.0 Å². The van der Waals surface area contributed by atoms with E-state index in [0.29, 0.717) is 13.0 Å². The van der Waals surface area contributed by atoms with E-state index in [1.54, 1.807) is 0 Å². The molecule has 1 atom stereocenters. The first-order valence-electron chi connectivity index (χ1n) is 6.75. The zero-order valence-electron chi connectivity index (χ0n) is 11.7. The first-order chi connectivity index (χ1) is 9.17. The minimum atomic E-state index is 0.0286. The van der Waals surface area contributed by atoms with Crippen LogP contribution >= 0.6 is 0 Å². The maximum absolute atomic E-state index is 11.6. The van der Waals surface area contributed by atoms with Crippen molar-refractivity contribution in [3.8, 4) is 11.8 Å². The van der Waals surface area contributed by atoms with Gasteiger partial charge in [-0.2, -0.15) is 0 Å². The molecule has 0 aliphatic carbocycles. The molecule has 3 N–H and O–H groups in total. The number of carbonyl (C=O) groups excluding carboxylic acids is 1. The lowest BCUT2D eigenvalue weighted by molar-refractivity contribution is -0.121. The monoisotopic (exact) mass is 258 g/mol. The van der Waals surface area contributed by atoms with Gasteiger partial charge in [-0.15, -0.1) is 0 Å². The zero-order chi connectivity index (χ0) is 14.1. The molecular weight excluding hydrogens is 236 g/mol. The summed E-state index contributed by atoms with van der Waals surface area (Å²) in [4.78, 5) is 11.6. The van der Waals surface area contributed by atoms with Gasteiger partial charge in [0.1, 0.15) is 0 Å². The molecule has 102 valence electrons. The molecule has 0 aromatic heterocycles. The van der Waals surface area contributed by atoms with Crippen LogP contribution in [0.2, 0.25) is 0 Å². The fourth-order valence-electron chi connectivity index (χ4n) is 1.74. The summed E-state index contributed by atoms with van der Waals surface area (Å²) >= 11 is 0. The summed E-state index contributed by atoms with van der Waals surface area (Å²) in [6.07, 6.45) is 2.57. The maximum Gasteiger partial charge on any atom is 0.220 e. The second-order valence-corrected chi connectivity index (χ2v) is 4.52. The Morgan fingerprint density at radius 1 is 1.37 bits per heavy atom. The number of hydrogen-bond acceptors (Lipinski definition) is 2. The summed E-state index contributed by atoms with van der Waals surface area (Å²) in [5.74, 6) is 5.91. The third kappa shape index (κ3) is 5.58. The fraction of sp³-hybridized carbons (Fsp3) is 0.438. The van der Waals surface area contributed by atoms with Gasteiger partial charge < -0.3 is 11.1 Å². The molecule has 0 fully saturated rings. The summed E-state index contributed by atoms with van der Waals surface area (Å²) in [6, 6.07) is 7.91. The van der Waals surface area contributed by atoms with E-state index in [1.165, 1.54) is 0 Å². The Morgan fingerprint density at radius 2 is 2.05 bits per heavy atom. The van der Waals surface area contributed by atoms with Gasteiger partial charge in [0.05, 0.1) is 12.6 Å². The summed E-state index contributed by atoms with van der Waals surface area (Å²) in [6.45, 7) is 4.44. The Kier molecular flexibility index (Phi) is 6.70. The van der Waals surface area contributed by atoms with Crippen LogP contribution in [0.4, 0.5) is 0 Å². The van der Waals surface area contributed by atoms with Crippen LogP contribution in [0.15, 0.2) is 24.3 Å². The molecule has 0 aliphatic rings. The van der Waals surface area contributed by atoms with Crippen molar-refractivity contribution in [1.29, 1.82) is 0 Å². The van der Waals surface area contributed by atoms with Gasteiger partial charge >= 0.3 is 0 Å². The van der Waals surface area contributed by atoms with Crippen molar-refractivity contribution in [2.75, 3.05) is 6.54 Å². The molecule has 0 saturated heterocycles. The molecule has 0 bridgehead atoms.